The van der Waals surface area contributed by atoms with E-state index in [1.54, 1.807) is 12.1 Å². The Morgan fingerprint density at radius 2 is 1.69 bits per heavy atom. The van der Waals surface area contributed by atoms with Gasteiger partial charge in [-0.1, -0.05) is 17.7 Å². The SMILES string of the molecule is Cc1ccc(Cl)cc1N1CCN(S(=O)(=O)c2ccc3c(c2)OCO3)CC1. The lowest BCUT2D eigenvalue weighted by atomic mass is 10.1. The first-order valence-corrected chi connectivity index (χ1v) is 10.2. The predicted octanol–water partition coefficient (Wildman–Crippen LogP) is 2.89. The van der Waals surface area contributed by atoms with Crippen LogP contribution in [0.3, 0.4) is 0 Å². The van der Waals surface area contributed by atoms with Crippen LogP contribution < -0.4 is 14.4 Å². The van der Waals surface area contributed by atoms with E-state index >= 15 is 0 Å². The molecule has 0 atom stereocenters. The number of benzene rings is 2. The number of nitrogens with zero attached hydrogens (tertiary/aromatic N) is 2. The van der Waals surface area contributed by atoms with Gasteiger partial charge < -0.3 is 14.4 Å². The Kier molecular flexibility index (Phi) is 4.46. The molecule has 0 saturated carbocycles. The molecule has 0 amide bonds. The molecule has 4 rings (SSSR count). The number of sulfonamides is 1. The molecule has 2 heterocycles. The molecule has 138 valence electrons. The minimum absolute atomic E-state index is 0.122. The Balaban J connectivity index is 1.51. The van der Waals surface area contributed by atoms with Crippen LogP contribution in [0.25, 0.3) is 0 Å². The van der Waals surface area contributed by atoms with Gasteiger partial charge in [-0.3, -0.25) is 0 Å². The van der Waals surface area contributed by atoms with Gasteiger partial charge in [0.05, 0.1) is 4.90 Å². The van der Waals surface area contributed by atoms with E-state index in [1.807, 2.05) is 25.1 Å². The Hall–Kier alpha value is -1.96. The number of hydrogen-bond donors (Lipinski definition) is 0. The highest BCUT2D eigenvalue weighted by Gasteiger charge is 2.30. The van der Waals surface area contributed by atoms with Gasteiger partial charge in [-0.15, -0.1) is 0 Å². The minimum Gasteiger partial charge on any atom is -0.454 e. The number of rotatable bonds is 3. The van der Waals surface area contributed by atoms with Gasteiger partial charge in [0, 0.05) is 43.0 Å². The number of piperazine rings is 1. The van der Waals surface area contributed by atoms with Crippen LogP contribution in [0.5, 0.6) is 11.5 Å². The molecule has 2 aliphatic rings. The average Bonchev–Trinajstić information content (AvgIpc) is 3.11. The van der Waals surface area contributed by atoms with Crippen LogP contribution in [0.4, 0.5) is 5.69 Å². The first-order chi connectivity index (χ1) is 12.4. The zero-order valence-corrected chi connectivity index (χ0v) is 15.9. The van der Waals surface area contributed by atoms with E-state index in [0.717, 1.165) is 11.3 Å². The maximum atomic E-state index is 12.9. The molecule has 1 fully saturated rings. The lowest BCUT2D eigenvalue weighted by molar-refractivity contribution is 0.174. The molecule has 1 saturated heterocycles. The highest BCUT2D eigenvalue weighted by atomic mass is 35.5. The fourth-order valence-electron chi connectivity index (χ4n) is 3.28. The van der Waals surface area contributed by atoms with Crippen LogP contribution in [0.2, 0.25) is 5.02 Å². The molecule has 0 unspecified atom stereocenters. The van der Waals surface area contributed by atoms with Gasteiger partial charge in [-0.2, -0.15) is 4.31 Å². The number of ether oxygens (including phenoxy) is 2. The maximum absolute atomic E-state index is 12.9. The van der Waals surface area contributed by atoms with E-state index in [0.29, 0.717) is 42.7 Å². The zero-order chi connectivity index (χ0) is 18.3. The standard InChI is InChI=1S/C18H19ClN2O4S/c1-13-2-3-14(19)10-16(13)20-6-8-21(9-7-20)26(22,23)15-4-5-17-18(11-15)25-12-24-17/h2-5,10-11H,6-9,12H2,1H3. The van der Waals surface area contributed by atoms with Crippen molar-refractivity contribution in [1.29, 1.82) is 0 Å². The average molecular weight is 395 g/mol. The molecule has 6 nitrogen and oxygen atoms in total. The van der Waals surface area contributed by atoms with Gasteiger partial charge in [0.15, 0.2) is 11.5 Å². The van der Waals surface area contributed by atoms with Gasteiger partial charge >= 0.3 is 0 Å². The number of fused-ring (bicyclic) bond motifs is 1. The quantitative estimate of drug-likeness (QED) is 0.801. The molecule has 26 heavy (non-hydrogen) atoms. The van der Waals surface area contributed by atoms with Crippen LogP contribution in [-0.4, -0.2) is 45.7 Å². The highest BCUT2D eigenvalue weighted by Crippen LogP contribution is 2.35. The summed E-state index contributed by atoms with van der Waals surface area (Å²) in [5.74, 6) is 1.05. The summed E-state index contributed by atoms with van der Waals surface area (Å²) >= 11 is 6.11. The summed E-state index contributed by atoms with van der Waals surface area (Å²) in [7, 11) is -3.56. The van der Waals surface area contributed by atoms with Crippen LogP contribution in [0.1, 0.15) is 5.56 Å². The van der Waals surface area contributed by atoms with Crippen molar-refractivity contribution in [2.24, 2.45) is 0 Å². The first kappa shape index (κ1) is 17.5. The van der Waals surface area contributed by atoms with Crippen molar-refractivity contribution >= 4 is 27.3 Å². The molecule has 0 aliphatic carbocycles. The molecule has 2 aromatic rings. The molecule has 0 bridgehead atoms. The number of anilines is 1. The monoisotopic (exact) mass is 394 g/mol. The summed E-state index contributed by atoms with van der Waals surface area (Å²) in [5.41, 5.74) is 2.18. The third-order valence-corrected chi connectivity index (χ3v) is 6.86. The number of hydrogen-bond acceptors (Lipinski definition) is 5. The Morgan fingerprint density at radius 3 is 2.46 bits per heavy atom. The van der Waals surface area contributed by atoms with Gasteiger partial charge in [-0.05, 0) is 36.8 Å². The van der Waals surface area contributed by atoms with E-state index in [2.05, 4.69) is 4.90 Å². The van der Waals surface area contributed by atoms with Gasteiger partial charge in [-0.25, -0.2) is 8.42 Å². The summed E-state index contributed by atoms with van der Waals surface area (Å²) in [6, 6.07) is 10.5. The summed E-state index contributed by atoms with van der Waals surface area (Å²) in [6.07, 6.45) is 0. The van der Waals surface area contributed by atoms with Crippen molar-refractivity contribution in [3.05, 3.63) is 47.0 Å². The summed E-state index contributed by atoms with van der Waals surface area (Å²) < 4.78 is 37.9. The van der Waals surface area contributed by atoms with Crippen molar-refractivity contribution in [3.8, 4) is 11.5 Å². The molecule has 8 heteroatoms. The molecular formula is C18H19ClN2O4S. The first-order valence-electron chi connectivity index (χ1n) is 8.36. The van der Waals surface area contributed by atoms with Crippen molar-refractivity contribution < 1.29 is 17.9 Å². The van der Waals surface area contributed by atoms with Gasteiger partial charge in [0.1, 0.15) is 0 Å². The third kappa shape index (κ3) is 3.11. The number of halogens is 1. The smallest absolute Gasteiger partial charge is 0.243 e. The van der Waals surface area contributed by atoms with E-state index in [-0.39, 0.29) is 11.7 Å². The van der Waals surface area contributed by atoms with E-state index < -0.39 is 10.0 Å². The molecule has 2 aliphatic heterocycles. The van der Waals surface area contributed by atoms with Crippen LogP contribution >= 0.6 is 11.6 Å². The van der Waals surface area contributed by atoms with E-state index in [9.17, 15) is 8.42 Å². The van der Waals surface area contributed by atoms with Crippen molar-refractivity contribution in [2.45, 2.75) is 11.8 Å². The Morgan fingerprint density at radius 1 is 0.962 bits per heavy atom. The second-order valence-corrected chi connectivity index (χ2v) is 8.71. The summed E-state index contributed by atoms with van der Waals surface area (Å²) in [5, 5.41) is 0.681. The number of aryl methyl sites for hydroxylation is 1. The molecule has 2 aromatic carbocycles. The second-order valence-electron chi connectivity index (χ2n) is 6.34. The topological polar surface area (TPSA) is 59.1 Å². The predicted molar refractivity (Wildman–Crippen MR) is 99.7 cm³/mol. The van der Waals surface area contributed by atoms with Gasteiger partial charge in [0.2, 0.25) is 16.8 Å². The van der Waals surface area contributed by atoms with Gasteiger partial charge in [0.25, 0.3) is 0 Å². The normalized spacial score (nSPS) is 17.5. The zero-order valence-electron chi connectivity index (χ0n) is 14.3. The highest BCUT2D eigenvalue weighted by molar-refractivity contribution is 7.89. The molecule has 0 aromatic heterocycles. The second kappa shape index (κ2) is 6.64. The molecule has 0 radical (unpaired) electrons. The molecule has 0 spiro atoms. The molecular weight excluding hydrogens is 376 g/mol. The fourth-order valence-corrected chi connectivity index (χ4v) is 4.88. The fraction of sp³-hybridized carbons (Fsp3) is 0.333. The van der Waals surface area contributed by atoms with Crippen LogP contribution in [-0.2, 0) is 10.0 Å². The summed E-state index contributed by atoms with van der Waals surface area (Å²) in [4.78, 5) is 2.40. The Labute approximate surface area is 157 Å². The maximum Gasteiger partial charge on any atom is 0.243 e. The van der Waals surface area contributed by atoms with Crippen molar-refractivity contribution in [1.82, 2.24) is 4.31 Å². The van der Waals surface area contributed by atoms with Crippen molar-refractivity contribution in [2.75, 3.05) is 37.9 Å². The third-order valence-electron chi connectivity index (χ3n) is 4.73. The van der Waals surface area contributed by atoms with Crippen LogP contribution in [0.15, 0.2) is 41.3 Å². The van der Waals surface area contributed by atoms with Crippen molar-refractivity contribution in [3.63, 3.8) is 0 Å². The largest absolute Gasteiger partial charge is 0.454 e. The van der Waals surface area contributed by atoms with E-state index in [1.165, 1.54) is 10.4 Å². The van der Waals surface area contributed by atoms with Crippen LogP contribution in [0, 0.1) is 6.92 Å². The minimum atomic E-state index is -3.56. The molecule has 0 N–H and O–H groups in total. The summed E-state index contributed by atoms with van der Waals surface area (Å²) in [6.45, 7) is 4.22. The van der Waals surface area contributed by atoms with E-state index in [4.69, 9.17) is 21.1 Å². The lowest BCUT2D eigenvalue weighted by Crippen LogP contribution is -2.48. The lowest BCUT2D eigenvalue weighted by Gasteiger charge is -2.36. The Bertz CT molecular complexity index is 940.